The Morgan fingerprint density at radius 1 is 0.889 bits per heavy atom. The first kappa shape index (κ1) is 16.9. The van der Waals surface area contributed by atoms with E-state index in [1.165, 1.54) is 4.31 Å². The lowest BCUT2D eigenvalue weighted by Crippen LogP contribution is -2.39. The third-order valence-corrected chi connectivity index (χ3v) is 6.89. The van der Waals surface area contributed by atoms with Gasteiger partial charge in [0.15, 0.2) is 23.8 Å². The Kier molecular flexibility index (Phi) is 3.68. The van der Waals surface area contributed by atoms with Gasteiger partial charge in [0, 0.05) is 0 Å². The molecule has 5 rings (SSSR count). The van der Waals surface area contributed by atoms with Gasteiger partial charge in [0.2, 0.25) is 21.5 Å². The molecule has 142 valence electrons. The van der Waals surface area contributed by atoms with E-state index >= 15 is 0 Å². The van der Waals surface area contributed by atoms with Crippen LogP contribution in [0.2, 0.25) is 0 Å². The van der Waals surface area contributed by atoms with Crippen LogP contribution in [-0.2, 0) is 28.0 Å². The summed E-state index contributed by atoms with van der Waals surface area (Å²) >= 11 is 0. The summed E-state index contributed by atoms with van der Waals surface area (Å²) in [6.45, 7) is 0.844. The highest BCUT2D eigenvalue weighted by Crippen LogP contribution is 2.41. The Balaban J connectivity index is 1.43. The van der Waals surface area contributed by atoms with Crippen LogP contribution in [0.1, 0.15) is 11.1 Å². The molecule has 0 aliphatic carbocycles. The second kappa shape index (κ2) is 5.88. The number of hydrogen-bond acceptors (Lipinski definition) is 5. The molecule has 9 heteroatoms. The molecule has 0 bridgehead atoms. The van der Waals surface area contributed by atoms with Crippen molar-refractivity contribution in [1.82, 2.24) is 4.31 Å². The summed E-state index contributed by atoms with van der Waals surface area (Å²) in [7, 11) is -3.80. The Labute approximate surface area is 154 Å². The smallest absolute Gasteiger partial charge is 0.243 e. The Morgan fingerprint density at radius 3 is 2.11 bits per heavy atom. The minimum absolute atomic E-state index is 0.00399. The fraction of sp³-hybridized carbons (Fsp3) is 0.333. The Morgan fingerprint density at radius 2 is 1.48 bits per heavy atom. The lowest BCUT2D eigenvalue weighted by atomic mass is 10.1. The third kappa shape index (κ3) is 2.60. The fourth-order valence-corrected chi connectivity index (χ4v) is 5.14. The average molecular weight is 395 g/mol. The van der Waals surface area contributed by atoms with Gasteiger partial charge in [0.05, 0.1) is 31.2 Å². The zero-order valence-corrected chi connectivity index (χ0v) is 14.8. The molecule has 3 aliphatic rings. The number of sulfonamides is 1. The Bertz CT molecular complexity index is 1000. The van der Waals surface area contributed by atoms with E-state index < -0.39 is 33.9 Å². The van der Waals surface area contributed by atoms with Crippen molar-refractivity contribution >= 4 is 10.0 Å². The van der Waals surface area contributed by atoms with Gasteiger partial charge < -0.3 is 14.2 Å². The summed E-state index contributed by atoms with van der Waals surface area (Å²) in [5, 5.41) is 0. The maximum Gasteiger partial charge on any atom is 0.243 e. The van der Waals surface area contributed by atoms with Gasteiger partial charge in [0.1, 0.15) is 0 Å². The van der Waals surface area contributed by atoms with E-state index in [0.29, 0.717) is 13.2 Å². The van der Waals surface area contributed by atoms with E-state index in [4.69, 9.17) is 14.2 Å². The predicted molar refractivity (Wildman–Crippen MR) is 88.9 cm³/mol. The van der Waals surface area contributed by atoms with E-state index in [9.17, 15) is 17.2 Å². The molecule has 0 N–H and O–H groups in total. The molecule has 0 spiro atoms. The first-order chi connectivity index (χ1) is 12.9. The first-order valence-corrected chi connectivity index (χ1v) is 9.88. The number of fused-ring (bicyclic) bond motifs is 3. The number of nitrogens with zero attached hydrogens (tertiary/aromatic N) is 1. The molecule has 2 aromatic carbocycles. The van der Waals surface area contributed by atoms with Gasteiger partial charge in [-0.05, 0) is 35.4 Å². The van der Waals surface area contributed by atoms with Gasteiger partial charge >= 0.3 is 0 Å². The van der Waals surface area contributed by atoms with Crippen molar-refractivity contribution in [3.63, 3.8) is 0 Å². The SMILES string of the molecule is O=S(=O)(c1ccc2c(c1)COC2)N1C[C@@H]2Oc3c(F)ccc(F)c3O[C@@H]2C1. The molecule has 6 nitrogen and oxygen atoms in total. The lowest BCUT2D eigenvalue weighted by Gasteiger charge is -2.28. The fourth-order valence-electron chi connectivity index (χ4n) is 3.63. The van der Waals surface area contributed by atoms with Crippen LogP contribution in [0.4, 0.5) is 8.78 Å². The maximum atomic E-state index is 13.9. The highest BCUT2D eigenvalue weighted by atomic mass is 32.2. The molecule has 0 radical (unpaired) electrons. The van der Waals surface area contributed by atoms with Gasteiger partial charge in [-0.2, -0.15) is 4.31 Å². The summed E-state index contributed by atoms with van der Waals surface area (Å²) < 4.78 is 71.5. The number of hydrogen-bond donors (Lipinski definition) is 0. The van der Waals surface area contributed by atoms with E-state index in [1.807, 2.05) is 0 Å². The van der Waals surface area contributed by atoms with Gasteiger partial charge in [0.25, 0.3) is 0 Å². The van der Waals surface area contributed by atoms with Crippen molar-refractivity contribution in [2.75, 3.05) is 13.1 Å². The predicted octanol–water partition coefficient (Wildman–Crippen LogP) is 2.21. The number of rotatable bonds is 2. The molecular formula is C18H15F2NO5S. The number of halogens is 2. The molecule has 3 heterocycles. The van der Waals surface area contributed by atoms with Crippen molar-refractivity contribution in [2.45, 2.75) is 30.3 Å². The normalized spacial score (nSPS) is 23.9. The summed E-state index contributed by atoms with van der Waals surface area (Å²) in [5.41, 5.74) is 1.81. The van der Waals surface area contributed by atoms with Gasteiger partial charge in [-0.25, -0.2) is 17.2 Å². The molecule has 1 saturated heterocycles. The molecular weight excluding hydrogens is 380 g/mol. The van der Waals surface area contributed by atoms with E-state index in [-0.39, 0.29) is 29.5 Å². The largest absolute Gasteiger partial charge is 0.478 e. The van der Waals surface area contributed by atoms with Crippen LogP contribution < -0.4 is 9.47 Å². The summed E-state index contributed by atoms with van der Waals surface area (Å²) in [6.07, 6.45) is -1.41. The topological polar surface area (TPSA) is 65.1 Å². The van der Waals surface area contributed by atoms with Gasteiger partial charge in [-0.3, -0.25) is 0 Å². The van der Waals surface area contributed by atoms with E-state index in [0.717, 1.165) is 23.3 Å². The third-order valence-electron chi connectivity index (χ3n) is 5.07. The van der Waals surface area contributed by atoms with E-state index in [1.54, 1.807) is 18.2 Å². The van der Waals surface area contributed by atoms with Gasteiger partial charge in [-0.15, -0.1) is 0 Å². The molecule has 1 fully saturated rings. The second-order valence-corrected chi connectivity index (χ2v) is 8.68. The molecule has 0 amide bonds. The number of benzene rings is 2. The highest BCUT2D eigenvalue weighted by molar-refractivity contribution is 7.89. The summed E-state index contributed by atoms with van der Waals surface area (Å²) in [4.78, 5) is 0.153. The first-order valence-electron chi connectivity index (χ1n) is 8.44. The highest BCUT2D eigenvalue weighted by Gasteiger charge is 2.46. The molecule has 0 saturated carbocycles. The van der Waals surface area contributed by atoms with Crippen molar-refractivity contribution < 1.29 is 31.4 Å². The average Bonchev–Trinajstić information content (AvgIpc) is 3.29. The molecule has 2 atom stereocenters. The zero-order chi connectivity index (χ0) is 18.8. The molecule has 3 aliphatic heterocycles. The van der Waals surface area contributed by atoms with Crippen LogP contribution in [-0.4, -0.2) is 38.0 Å². The van der Waals surface area contributed by atoms with E-state index in [2.05, 4.69) is 0 Å². The molecule has 0 unspecified atom stereocenters. The van der Waals surface area contributed by atoms with Crippen LogP contribution in [0.3, 0.4) is 0 Å². The zero-order valence-electron chi connectivity index (χ0n) is 14.0. The molecule has 27 heavy (non-hydrogen) atoms. The Hall–Kier alpha value is -2.23. The molecule has 2 aromatic rings. The van der Waals surface area contributed by atoms with Crippen LogP contribution in [0.15, 0.2) is 35.2 Å². The van der Waals surface area contributed by atoms with Crippen LogP contribution in [0, 0.1) is 11.6 Å². The van der Waals surface area contributed by atoms with Crippen molar-refractivity contribution in [2.24, 2.45) is 0 Å². The van der Waals surface area contributed by atoms with Crippen molar-refractivity contribution in [3.8, 4) is 11.5 Å². The van der Waals surface area contributed by atoms with Crippen LogP contribution >= 0.6 is 0 Å². The number of ether oxygens (including phenoxy) is 3. The summed E-state index contributed by atoms with van der Waals surface area (Å²) in [6, 6.07) is 6.80. The monoisotopic (exact) mass is 395 g/mol. The minimum Gasteiger partial charge on any atom is -0.478 e. The van der Waals surface area contributed by atoms with Crippen molar-refractivity contribution in [1.29, 1.82) is 0 Å². The van der Waals surface area contributed by atoms with Crippen LogP contribution in [0.5, 0.6) is 11.5 Å². The second-order valence-electron chi connectivity index (χ2n) is 6.75. The minimum atomic E-state index is -3.80. The van der Waals surface area contributed by atoms with Crippen molar-refractivity contribution in [3.05, 3.63) is 53.1 Å². The standard InChI is InChI=1S/C18H15F2NO5S/c19-13-3-4-14(20)18-17(13)25-15-6-21(7-16(15)26-18)27(22,23)12-2-1-10-8-24-9-11(10)5-12/h1-5,15-16H,6-9H2/t15-,16+. The van der Waals surface area contributed by atoms with Crippen LogP contribution in [0.25, 0.3) is 0 Å². The molecule has 0 aromatic heterocycles. The van der Waals surface area contributed by atoms with Gasteiger partial charge in [-0.1, -0.05) is 6.07 Å². The summed E-state index contributed by atoms with van der Waals surface area (Å²) in [5.74, 6) is -2.12. The lowest BCUT2D eigenvalue weighted by molar-refractivity contribution is 0.0467. The maximum absolute atomic E-state index is 13.9. The quantitative estimate of drug-likeness (QED) is 0.780.